The highest BCUT2D eigenvalue weighted by Crippen LogP contribution is 2.23. The summed E-state index contributed by atoms with van der Waals surface area (Å²) in [6.45, 7) is 3.81. The van der Waals surface area contributed by atoms with E-state index < -0.39 is 49.5 Å². The van der Waals surface area contributed by atoms with Crippen molar-refractivity contribution in [3.63, 3.8) is 0 Å². The van der Waals surface area contributed by atoms with Crippen molar-refractivity contribution in [3.05, 3.63) is 36.5 Å². The summed E-state index contributed by atoms with van der Waals surface area (Å²) in [5, 5.41) is 54.7. The zero-order chi connectivity index (χ0) is 55.0. The SMILES string of the molecule is CCCCCCC/C=C\C/C=C\CCCCCCCCCCCC(=O)NC(COC1OC(CO)C(O)C(O)C1O)C(O)/C=C/CCCCCCCCCCCCCCCCCCCCCCCCCCCCCCCC. The van der Waals surface area contributed by atoms with Crippen LogP contribution in [0.5, 0.6) is 0 Å². The minimum Gasteiger partial charge on any atom is -0.394 e. The molecule has 9 heteroatoms. The van der Waals surface area contributed by atoms with E-state index in [4.69, 9.17) is 9.47 Å². The summed E-state index contributed by atoms with van der Waals surface area (Å²) < 4.78 is 11.3. The van der Waals surface area contributed by atoms with E-state index in [1.165, 1.54) is 263 Å². The number of carbonyl (C=O) groups is 1. The Labute approximate surface area is 470 Å². The molecule has 9 nitrogen and oxygen atoms in total. The van der Waals surface area contributed by atoms with Crippen LogP contribution in [0.3, 0.4) is 0 Å². The van der Waals surface area contributed by atoms with E-state index >= 15 is 0 Å². The quantitative estimate of drug-likeness (QED) is 0.0261. The number of rotatable bonds is 58. The molecule has 0 bridgehead atoms. The molecular weight excluding hydrogens is 947 g/mol. The number of ether oxygens (including phenoxy) is 2. The molecule has 7 unspecified atom stereocenters. The van der Waals surface area contributed by atoms with E-state index in [2.05, 4.69) is 43.5 Å². The first-order valence-corrected chi connectivity index (χ1v) is 33.2. The van der Waals surface area contributed by atoms with Crippen molar-refractivity contribution in [3.8, 4) is 0 Å². The largest absolute Gasteiger partial charge is 0.394 e. The molecule has 1 amide bonds. The monoisotopic (exact) mass is 1070 g/mol. The van der Waals surface area contributed by atoms with Gasteiger partial charge >= 0.3 is 0 Å². The number of carbonyl (C=O) groups excluding carboxylic acids is 1. The molecule has 1 fully saturated rings. The van der Waals surface area contributed by atoms with Gasteiger partial charge in [-0.15, -0.1) is 0 Å². The lowest BCUT2D eigenvalue weighted by Gasteiger charge is -2.40. The molecule has 6 N–H and O–H groups in total. The molecule has 1 rings (SSSR count). The summed E-state index contributed by atoms with van der Waals surface area (Å²) in [6, 6.07) is -0.809. The predicted molar refractivity (Wildman–Crippen MR) is 323 cm³/mol. The van der Waals surface area contributed by atoms with Crippen LogP contribution in [0.25, 0.3) is 0 Å². The average molecular weight is 1070 g/mol. The summed E-state index contributed by atoms with van der Waals surface area (Å²) in [7, 11) is 0. The molecule has 1 aliphatic rings. The second-order valence-corrected chi connectivity index (χ2v) is 23.3. The van der Waals surface area contributed by atoms with Gasteiger partial charge < -0.3 is 40.3 Å². The summed E-state index contributed by atoms with van der Waals surface area (Å²) in [5.41, 5.74) is 0. The Morgan fingerprint density at radius 1 is 0.447 bits per heavy atom. The van der Waals surface area contributed by atoms with Gasteiger partial charge in [0.2, 0.25) is 5.91 Å². The lowest BCUT2D eigenvalue weighted by molar-refractivity contribution is -0.302. The molecule has 0 spiro atoms. The first-order valence-electron chi connectivity index (χ1n) is 33.2. The maximum atomic E-state index is 13.1. The maximum absolute atomic E-state index is 13.1. The van der Waals surface area contributed by atoms with Crippen molar-refractivity contribution in [1.82, 2.24) is 5.32 Å². The van der Waals surface area contributed by atoms with E-state index in [0.29, 0.717) is 6.42 Å². The molecule has 1 saturated heterocycles. The number of hydrogen-bond acceptors (Lipinski definition) is 8. The van der Waals surface area contributed by atoms with Crippen molar-refractivity contribution in [2.24, 2.45) is 0 Å². The predicted octanol–water partition coefficient (Wildman–Crippen LogP) is 17.5. The molecule has 1 heterocycles. The Morgan fingerprint density at radius 2 is 0.776 bits per heavy atom. The molecule has 0 aromatic rings. The molecule has 76 heavy (non-hydrogen) atoms. The van der Waals surface area contributed by atoms with Crippen molar-refractivity contribution < 1.29 is 39.8 Å². The Hall–Kier alpha value is -1.59. The highest BCUT2D eigenvalue weighted by Gasteiger charge is 2.44. The number of amides is 1. The second kappa shape index (κ2) is 56.7. The van der Waals surface area contributed by atoms with Crippen molar-refractivity contribution in [2.45, 2.75) is 371 Å². The van der Waals surface area contributed by atoms with Crippen LogP contribution in [0.15, 0.2) is 36.5 Å². The average Bonchev–Trinajstić information content (AvgIpc) is 3.42. The molecule has 448 valence electrons. The number of aliphatic hydroxyl groups excluding tert-OH is 5. The molecule has 0 aliphatic carbocycles. The van der Waals surface area contributed by atoms with E-state index in [9.17, 15) is 30.3 Å². The van der Waals surface area contributed by atoms with Gasteiger partial charge in [-0.3, -0.25) is 4.79 Å². The second-order valence-electron chi connectivity index (χ2n) is 23.3. The minimum absolute atomic E-state index is 0.177. The molecule has 7 atom stereocenters. The molecule has 0 aromatic carbocycles. The highest BCUT2D eigenvalue weighted by molar-refractivity contribution is 5.76. The zero-order valence-corrected chi connectivity index (χ0v) is 50.0. The fraction of sp³-hybridized carbons (Fsp3) is 0.896. The van der Waals surface area contributed by atoms with Gasteiger partial charge in [-0.05, 0) is 51.4 Å². The number of hydrogen-bond donors (Lipinski definition) is 6. The zero-order valence-electron chi connectivity index (χ0n) is 50.0. The van der Waals surface area contributed by atoms with Gasteiger partial charge in [-0.25, -0.2) is 0 Å². The van der Waals surface area contributed by atoms with Crippen LogP contribution in [0.2, 0.25) is 0 Å². The normalized spacial score (nSPS) is 19.0. The Balaban J connectivity index is 2.14. The fourth-order valence-electron chi connectivity index (χ4n) is 10.7. The smallest absolute Gasteiger partial charge is 0.220 e. The summed E-state index contributed by atoms with van der Waals surface area (Å²) >= 11 is 0. The van der Waals surface area contributed by atoms with Gasteiger partial charge in [0.05, 0.1) is 25.4 Å². The van der Waals surface area contributed by atoms with Crippen LogP contribution in [0.1, 0.15) is 328 Å². The van der Waals surface area contributed by atoms with E-state index in [0.717, 1.165) is 44.9 Å². The van der Waals surface area contributed by atoms with Gasteiger partial charge in [0, 0.05) is 6.42 Å². The Bertz CT molecular complexity index is 1290. The Kier molecular flexibility index (Phi) is 54.0. The van der Waals surface area contributed by atoms with Gasteiger partial charge in [0.25, 0.3) is 0 Å². The van der Waals surface area contributed by atoms with Crippen molar-refractivity contribution in [1.29, 1.82) is 0 Å². The maximum Gasteiger partial charge on any atom is 0.220 e. The lowest BCUT2D eigenvalue weighted by Crippen LogP contribution is -2.60. The number of allylic oxidation sites excluding steroid dienone is 5. The molecule has 1 aliphatic heterocycles. The summed E-state index contributed by atoms with van der Waals surface area (Å²) in [4.78, 5) is 13.1. The van der Waals surface area contributed by atoms with Gasteiger partial charge in [0.1, 0.15) is 24.4 Å². The number of aliphatic hydroxyl groups is 5. The van der Waals surface area contributed by atoms with Gasteiger partial charge in [-0.1, -0.05) is 307 Å². The van der Waals surface area contributed by atoms with Crippen molar-refractivity contribution >= 4 is 5.91 Å². The highest BCUT2D eigenvalue weighted by atomic mass is 16.7. The van der Waals surface area contributed by atoms with E-state index in [1.54, 1.807) is 6.08 Å². The summed E-state index contributed by atoms with van der Waals surface area (Å²) in [5.74, 6) is -0.177. The van der Waals surface area contributed by atoms with Crippen LogP contribution in [-0.2, 0) is 14.3 Å². The molecular formula is C67H127NO8. The topological polar surface area (TPSA) is 149 Å². The van der Waals surface area contributed by atoms with E-state index in [1.807, 2.05) is 6.08 Å². The van der Waals surface area contributed by atoms with E-state index in [-0.39, 0.29) is 12.5 Å². The Morgan fingerprint density at radius 3 is 1.13 bits per heavy atom. The van der Waals surface area contributed by atoms with Gasteiger partial charge in [0.15, 0.2) is 6.29 Å². The lowest BCUT2D eigenvalue weighted by atomic mass is 9.99. The third-order valence-corrected chi connectivity index (χ3v) is 16.0. The summed E-state index contributed by atoms with van der Waals surface area (Å²) in [6.07, 6.45) is 68.1. The van der Waals surface area contributed by atoms with Gasteiger partial charge in [-0.2, -0.15) is 0 Å². The number of unbranched alkanes of at least 4 members (excludes halogenated alkanes) is 44. The molecule has 0 radical (unpaired) electrons. The molecule has 0 saturated carbocycles. The van der Waals surface area contributed by atoms with Crippen LogP contribution < -0.4 is 5.32 Å². The number of nitrogens with one attached hydrogen (secondary N) is 1. The first-order chi connectivity index (χ1) is 37.3. The standard InChI is InChI=1S/C67H127NO8/c1-3-5-7-9-11-13-15-17-19-21-23-25-26-27-28-29-30-31-32-33-34-35-37-38-40-42-44-46-48-50-52-54-56-61(70)60(59-75-67-66(74)65(73)64(72)62(58-69)76-67)68-63(71)57-55-53-51-49-47-45-43-41-39-36-24-22-20-18-16-14-12-10-8-6-4-2/h16,18,22,24,54,56,60-62,64-67,69-70,72-74H,3-15,17,19-21,23,25-53,55,57-59H2,1-2H3,(H,68,71)/b18-16-,24-22-,56-54+. The third kappa shape index (κ3) is 45.2. The van der Waals surface area contributed by atoms with Crippen LogP contribution in [-0.4, -0.2) is 87.5 Å². The minimum atomic E-state index is -1.57. The third-order valence-electron chi connectivity index (χ3n) is 16.0. The molecule has 0 aromatic heterocycles. The fourth-order valence-corrected chi connectivity index (χ4v) is 10.7. The van der Waals surface area contributed by atoms with Crippen molar-refractivity contribution in [2.75, 3.05) is 13.2 Å². The first kappa shape index (κ1) is 72.4. The van der Waals surface area contributed by atoms with Crippen LogP contribution >= 0.6 is 0 Å². The van der Waals surface area contributed by atoms with Crippen LogP contribution in [0.4, 0.5) is 0 Å². The van der Waals surface area contributed by atoms with Crippen LogP contribution in [0, 0.1) is 0 Å².